The maximum Gasteiger partial charge on any atom is 0.124 e. The second-order valence-corrected chi connectivity index (χ2v) is 6.02. The standard InChI is InChI=1S/C17H26FNO/c1-13(2)19-12-14-11-15(18)9-10-17(14)20-16-7-5-3-4-6-8-16/h9-11,13,16,19H,3-8,12H2,1-2H3. The summed E-state index contributed by atoms with van der Waals surface area (Å²) in [5.74, 6) is 0.644. The molecule has 0 heterocycles. The third kappa shape index (κ3) is 4.78. The van der Waals surface area contributed by atoms with E-state index in [1.54, 1.807) is 12.1 Å². The van der Waals surface area contributed by atoms with Gasteiger partial charge in [0.25, 0.3) is 0 Å². The smallest absolute Gasteiger partial charge is 0.124 e. The molecule has 0 saturated heterocycles. The zero-order valence-electron chi connectivity index (χ0n) is 12.6. The van der Waals surface area contributed by atoms with Gasteiger partial charge in [-0.05, 0) is 43.9 Å². The van der Waals surface area contributed by atoms with E-state index in [0.29, 0.717) is 18.7 Å². The van der Waals surface area contributed by atoms with Gasteiger partial charge in [0.2, 0.25) is 0 Å². The summed E-state index contributed by atoms with van der Waals surface area (Å²) < 4.78 is 19.6. The van der Waals surface area contributed by atoms with Gasteiger partial charge in [0, 0.05) is 18.2 Å². The molecule has 0 radical (unpaired) electrons. The van der Waals surface area contributed by atoms with Gasteiger partial charge in [-0.2, -0.15) is 0 Å². The first-order valence-corrected chi connectivity index (χ1v) is 7.83. The molecule has 1 saturated carbocycles. The molecule has 3 heteroatoms. The highest BCUT2D eigenvalue weighted by molar-refractivity contribution is 5.34. The Morgan fingerprint density at radius 3 is 2.55 bits per heavy atom. The molecule has 1 N–H and O–H groups in total. The molecule has 1 aliphatic carbocycles. The molecule has 0 aliphatic heterocycles. The maximum absolute atomic E-state index is 13.4. The molecule has 0 atom stereocenters. The highest BCUT2D eigenvalue weighted by Gasteiger charge is 2.16. The van der Waals surface area contributed by atoms with E-state index in [1.807, 2.05) is 0 Å². The molecule has 2 rings (SSSR count). The molecule has 0 bridgehead atoms. The van der Waals surface area contributed by atoms with Crippen molar-refractivity contribution in [2.45, 2.75) is 71.1 Å². The zero-order chi connectivity index (χ0) is 14.4. The topological polar surface area (TPSA) is 21.3 Å². The van der Waals surface area contributed by atoms with Crippen LogP contribution in [-0.4, -0.2) is 12.1 Å². The summed E-state index contributed by atoms with van der Waals surface area (Å²) >= 11 is 0. The van der Waals surface area contributed by atoms with Gasteiger partial charge in [0.05, 0.1) is 6.10 Å². The number of nitrogens with one attached hydrogen (secondary N) is 1. The predicted molar refractivity (Wildman–Crippen MR) is 80.5 cm³/mol. The molecule has 0 aromatic heterocycles. The molecule has 0 unspecified atom stereocenters. The van der Waals surface area contributed by atoms with Crippen molar-refractivity contribution < 1.29 is 9.13 Å². The summed E-state index contributed by atoms with van der Waals surface area (Å²) in [7, 11) is 0. The summed E-state index contributed by atoms with van der Waals surface area (Å²) in [6.45, 7) is 4.83. The van der Waals surface area contributed by atoms with Crippen LogP contribution in [0.4, 0.5) is 4.39 Å². The molecule has 1 aliphatic rings. The molecule has 1 fully saturated rings. The first kappa shape index (κ1) is 15.3. The summed E-state index contributed by atoms with van der Waals surface area (Å²) in [5.41, 5.74) is 0.919. The Morgan fingerprint density at radius 2 is 1.90 bits per heavy atom. The van der Waals surface area contributed by atoms with Crippen molar-refractivity contribution in [2.75, 3.05) is 0 Å². The van der Waals surface area contributed by atoms with E-state index in [0.717, 1.165) is 24.2 Å². The fourth-order valence-corrected chi connectivity index (χ4v) is 2.65. The van der Waals surface area contributed by atoms with Crippen molar-refractivity contribution >= 4 is 0 Å². The Balaban J connectivity index is 2.04. The van der Waals surface area contributed by atoms with E-state index in [-0.39, 0.29) is 5.82 Å². The molecule has 20 heavy (non-hydrogen) atoms. The van der Waals surface area contributed by atoms with Crippen molar-refractivity contribution in [3.05, 3.63) is 29.6 Å². The molecular formula is C17H26FNO. The Hall–Kier alpha value is -1.09. The lowest BCUT2D eigenvalue weighted by atomic mass is 10.1. The fourth-order valence-electron chi connectivity index (χ4n) is 2.65. The monoisotopic (exact) mass is 279 g/mol. The maximum atomic E-state index is 13.4. The van der Waals surface area contributed by atoms with Gasteiger partial charge in [-0.3, -0.25) is 0 Å². The lowest BCUT2D eigenvalue weighted by Crippen LogP contribution is -2.23. The van der Waals surface area contributed by atoms with Crippen LogP contribution in [-0.2, 0) is 6.54 Å². The minimum Gasteiger partial charge on any atom is -0.490 e. The Morgan fingerprint density at radius 1 is 1.20 bits per heavy atom. The highest BCUT2D eigenvalue weighted by Crippen LogP contribution is 2.26. The van der Waals surface area contributed by atoms with E-state index >= 15 is 0 Å². The fraction of sp³-hybridized carbons (Fsp3) is 0.647. The SMILES string of the molecule is CC(C)NCc1cc(F)ccc1OC1CCCCCC1. The normalized spacial score (nSPS) is 17.2. The third-order valence-corrected chi connectivity index (χ3v) is 3.82. The largest absolute Gasteiger partial charge is 0.490 e. The van der Waals surface area contributed by atoms with E-state index in [1.165, 1.54) is 31.7 Å². The van der Waals surface area contributed by atoms with Crippen LogP contribution in [0.5, 0.6) is 5.75 Å². The van der Waals surface area contributed by atoms with E-state index in [2.05, 4.69) is 19.2 Å². The van der Waals surface area contributed by atoms with Crippen LogP contribution in [0.25, 0.3) is 0 Å². The minimum absolute atomic E-state index is 0.196. The average molecular weight is 279 g/mol. The molecule has 2 nitrogen and oxygen atoms in total. The highest BCUT2D eigenvalue weighted by atomic mass is 19.1. The van der Waals surface area contributed by atoms with Gasteiger partial charge in [-0.1, -0.05) is 26.7 Å². The summed E-state index contributed by atoms with van der Waals surface area (Å²) in [6, 6.07) is 5.23. The Kier molecular flexibility index (Phi) is 5.84. The quantitative estimate of drug-likeness (QED) is 0.805. The lowest BCUT2D eigenvalue weighted by molar-refractivity contribution is 0.181. The lowest BCUT2D eigenvalue weighted by Gasteiger charge is -2.20. The van der Waals surface area contributed by atoms with E-state index in [4.69, 9.17) is 4.74 Å². The molecule has 1 aromatic rings. The number of ether oxygens (including phenoxy) is 1. The van der Waals surface area contributed by atoms with Crippen LogP contribution in [0.2, 0.25) is 0 Å². The molecule has 1 aromatic carbocycles. The van der Waals surface area contributed by atoms with Crippen LogP contribution in [0.15, 0.2) is 18.2 Å². The second-order valence-electron chi connectivity index (χ2n) is 6.02. The van der Waals surface area contributed by atoms with E-state index in [9.17, 15) is 4.39 Å². The number of rotatable bonds is 5. The van der Waals surface area contributed by atoms with Crippen molar-refractivity contribution in [1.29, 1.82) is 0 Å². The Labute approximate surface area is 121 Å². The Bertz CT molecular complexity index is 411. The molecule has 0 amide bonds. The van der Waals surface area contributed by atoms with E-state index < -0.39 is 0 Å². The summed E-state index contributed by atoms with van der Waals surface area (Å²) in [6.07, 6.45) is 7.64. The molecule has 0 spiro atoms. The van der Waals surface area contributed by atoms with Crippen LogP contribution in [0, 0.1) is 5.82 Å². The molecule has 112 valence electrons. The first-order valence-electron chi connectivity index (χ1n) is 7.83. The average Bonchev–Trinajstić information content (AvgIpc) is 2.67. The zero-order valence-corrected chi connectivity index (χ0v) is 12.6. The van der Waals surface area contributed by atoms with Gasteiger partial charge in [-0.25, -0.2) is 4.39 Å². The van der Waals surface area contributed by atoms with Crippen molar-refractivity contribution in [1.82, 2.24) is 5.32 Å². The summed E-state index contributed by atoms with van der Waals surface area (Å²) in [5, 5.41) is 3.33. The second kappa shape index (κ2) is 7.63. The third-order valence-electron chi connectivity index (χ3n) is 3.82. The predicted octanol–water partition coefficient (Wildman–Crippen LogP) is 4.43. The number of halogens is 1. The van der Waals surface area contributed by atoms with Crippen LogP contribution in [0.1, 0.15) is 57.9 Å². The first-order chi connectivity index (χ1) is 9.65. The number of hydrogen-bond acceptors (Lipinski definition) is 2. The van der Waals surface area contributed by atoms with Gasteiger partial charge in [-0.15, -0.1) is 0 Å². The number of hydrogen-bond donors (Lipinski definition) is 1. The summed E-state index contributed by atoms with van der Waals surface area (Å²) in [4.78, 5) is 0. The minimum atomic E-state index is -0.196. The van der Waals surface area contributed by atoms with Gasteiger partial charge in [0.1, 0.15) is 11.6 Å². The van der Waals surface area contributed by atoms with Crippen molar-refractivity contribution in [2.24, 2.45) is 0 Å². The van der Waals surface area contributed by atoms with Crippen molar-refractivity contribution in [3.63, 3.8) is 0 Å². The van der Waals surface area contributed by atoms with Gasteiger partial charge < -0.3 is 10.1 Å². The van der Waals surface area contributed by atoms with Crippen molar-refractivity contribution in [3.8, 4) is 5.75 Å². The van der Waals surface area contributed by atoms with Crippen LogP contribution in [0.3, 0.4) is 0 Å². The van der Waals surface area contributed by atoms with Gasteiger partial charge in [0.15, 0.2) is 0 Å². The molecular weight excluding hydrogens is 253 g/mol. The number of benzene rings is 1. The van der Waals surface area contributed by atoms with Crippen LogP contribution >= 0.6 is 0 Å². The van der Waals surface area contributed by atoms with Crippen LogP contribution < -0.4 is 10.1 Å². The van der Waals surface area contributed by atoms with Gasteiger partial charge >= 0.3 is 0 Å².